The number of aromatic amines is 1. The average Bonchev–Trinajstić information content (AvgIpc) is 3.16. The van der Waals surface area contributed by atoms with Gasteiger partial charge in [-0.25, -0.2) is 4.79 Å². The number of carboxylic acid groups (broad SMARTS) is 2. The Morgan fingerprint density at radius 1 is 1.06 bits per heavy atom. The van der Waals surface area contributed by atoms with E-state index >= 15 is 0 Å². The Morgan fingerprint density at radius 3 is 2.41 bits per heavy atom. The van der Waals surface area contributed by atoms with Gasteiger partial charge in [-0.15, -0.1) is 0 Å². The number of aromatic nitrogens is 1. The van der Waals surface area contributed by atoms with Gasteiger partial charge in [-0.1, -0.05) is 18.2 Å². The Bertz CT molecular complexity index is 963. The van der Waals surface area contributed by atoms with Gasteiger partial charge in [0.15, 0.2) is 0 Å². The van der Waals surface area contributed by atoms with Crippen LogP contribution < -0.4 is 16.4 Å². The van der Waals surface area contributed by atoms with Crippen LogP contribution in [-0.2, 0) is 25.6 Å². The van der Waals surface area contributed by atoms with E-state index in [1.54, 1.807) is 6.20 Å². The molecule has 2 aromatic rings. The summed E-state index contributed by atoms with van der Waals surface area (Å²) in [6, 6.07) is 4.34. The van der Waals surface area contributed by atoms with Gasteiger partial charge < -0.3 is 31.6 Å². The number of fused-ring (bicyclic) bond motifs is 1. The van der Waals surface area contributed by atoms with Crippen molar-refractivity contribution >= 4 is 46.4 Å². The lowest BCUT2D eigenvalue weighted by atomic mass is 10.0. The van der Waals surface area contributed by atoms with Gasteiger partial charge in [-0.3, -0.25) is 14.4 Å². The van der Waals surface area contributed by atoms with Crippen LogP contribution in [-0.4, -0.2) is 69.1 Å². The maximum Gasteiger partial charge on any atom is 0.326 e. The number of carbonyl (C=O) groups excluding carboxylic acids is 2. The van der Waals surface area contributed by atoms with Gasteiger partial charge in [0.1, 0.15) is 12.1 Å². The predicted molar refractivity (Wildman–Crippen MR) is 121 cm³/mol. The van der Waals surface area contributed by atoms with Crippen LogP contribution in [0.25, 0.3) is 10.9 Å². The minimum absolute atomic E-state index is 0.253. The summed E-state index contributed by atoms with van der Waals surface area (Å²) < 4.78 is 0. The van der Waals surface area contributed by atoms with Crippen LogP contribution in [0.5, 0.6) is 0 Å². The Kier molecular flexibility index (Phi) is 9.54. The minimum atomic E-state index is -1.37. The Balaban J connectivity index is 2.04. The maximum atomic E-state index is 12.7. The number of H-pyrrole nitrogens is 1. The van der Waals surface area contributed by atoms with Crippen molar-refractivity contribution in [3.63, 3.8) is 0 Å². The summed E-state index contributed by atoms with van der Waals surface area (Å²) in [4.78, 5) is 50.6. The zero-order valence-corrected chi connectivity index (χ0v) is 18.5. The molecule has 174 valence electrons. The molecule has 3 atom stereocenters. The fourth-order valence-electron chi connectivity index (χ4n) is 3.21. The van der Waals surface area contributed by atoms with Crippen molar-refractivity contribution in [1.82, 2.24) is 15.6 Å². The molecule has 10 nitrogen and oxygen atoms in total. The zero-order valence-electron chi connectivity index (χ0n) is 17.7. The van der Waals surface area contributed by atoms with Gasteiger partial charge in [0.05, 0.1) is 6.04 Å². The smallest absolute Gasteiger partial charge is 0.326 e. The lowest BCUT2D eigenvalue weighted by molar-refractivity contribution is -0.143. The van der Waals surface area contributed by atoms with E-state index in [4.69, 9.17) is 10.8 Å². The molecule has 0 spiro atoms. The summed E-state index contributed by atoms with van der Waals surface area (Å²) in [6.07, 6.45) is 3.48. The summed E-state index contributed by atoms with van der Waals surface area (Å²) in [7, 11) is 0. The van der Waals surface area contributed by atoms with Crippen LogP contribution in [0.15, 0.2) is 30.5 Å². The van der Waals surface area contributed by atoms with E-state index in [1.165, 1.54) is 11.8 Å². The van der Waals surface area contributed by atoms with Crippen molar-refractivity contribution in [2.24, 2.45) is 5.73 Å². The number of aliphatic carboxylic acids is 2. The highest BCUT2D eigenvalue weighted by molar-refractivity contribution is 7.98. The van der Waals surface area contributed by atoms with E-state index in [-0.39, 0.29) is 19.3 Å². The highest BCUT2D eigenvalue weighted by atomic mass is 32.2. The standard InChI is InChI=1S/C21H28N4O6S/c1-32-9-8-16(20(29)25-17(21(30)31)6-7-18(26)27)24-19(28)14(22)10-12-11-23-15-5-3-2-4-13(12)15/h2-5,11,14,16-17,23H,6-10,22H2,1H3,(H,24,28)(H,25,29)(H,26,27)(H,30,31)/t14-,16-,17-/m0/s1. The molecule has 0 bridgehead atoms. The lowest BCUT2D eigenvalue weighted by Gasteiger charge is -2.22. The number of rotatable bonds is 13. The van der Waals surface area contributed by atoms with Crippen molar-refractivity contribution in [2.75, 3.05) is 12.0 Å². The van der Waals surface area contributed by atoms with E-state index in [1.807, 2.05) is 30.5 Å². The Hall–Kier alpha value is -3.05. The molecule has 11 heteroatoms. The van der Waals surface area contributed by atoms with Gasteiger partial charge in [0.2, 0.25) is 11.8 Å². The van der Waals surface area contributed by atoms with Crippen molar-refractivity contribution in [2.45, 2.75) is 43.8 Å². The van der Waals surface area contributed by atoms with E-state index in [2.05, 4.69) is 15.6 Å². The summed E-state index contributed by atoms with van der Waals surface area (Å²) in [5.74, 6) is -3.19. The quantitative estimate of drug-likeness (QED) is 0.251. The van der Waals surface area contributed by atoms with Gasteiger partial charge in [0, 0.05) is 23.5 Å². The number of thioether (sulfide) groups is 1. The second kappa shape index (κ2) is 12.1. The van der Waals surface area contributed by atoms with E-state index in [0.29, 0.717) is 5.75 Å². The number of nitrogens with one attached hydrogen (secondary N) is 3. The second-order valence-corrected chi connectivity index (χ2v) is 8.33. The number of nitrogens with two attached hydrogens (primary N) is 1. The van der Waals surface area contributed by atoms with Crippen LogP contribution >= 0.6 is 11.8 Å². The third-order valence-corrected chi connectivity index (χ3v) is 5.60. The molecule has 2 amide bonds. The van der Waals surface area contributed by atoms with Gasteiger partial charge in [0.25, 0.3) is 0 Å². The van der Waals surface area contributed by atoms with Gasteiger partial charge >= 0.3 is 11.9 Å². The molecular weight excluding hydrogens is 436 g/mol. The number of carboxylic acids is 2. The molecule has 0 unspecified atom stereocenters. The van der Waals surface area contributed by atoms with Crippen molar-refractivity contribution in [3.05, 3.63) is 36.0 Å². The number of carbonyl (C=O) groups is 4. The largest absolute Gasteiger partial charge is 0.481 e. The van der Waals surface area contributed by atoms with Gasteiger partial charge in [-0.05, 0) is 42.9 Å². The van der Waals surface area contributed by atoms with Crippen molar-refractivity contribution in [3.8, 4) is 0 Å². The number of para-hydroxylation sites is 1. The zero-order chi connectivity index (χ0) is 23.7. The fraction of sp³-hybridized carbons (Fsp3) is 0.429. The van der Waals surface area contributed by atoms with Crippen LogP contribution in [0.4, 0.5) is 0 Å². The third-order valence-electron chi connectivity index (χ3n) is 4.96. The Morgan fingerprint density at radius 2 is 1.75 bits per heavy atom. The second-order valence-electron chi connectivity index (χ2n) is 7.34. The number of hydrogen-bond donors (Lipinski definition) is 6. The molecule has 2 rings (SSSR count). The highest BCUT2D eigenvalue weighted by Crippen LogP contribution is 2.18. The molecule has 32 heavy (non-hydrogen) atoms. The summed E-state index contributed by atoms with van der Waals surface area (Å²) in [5.41, 5.74) is 7.88. The van der Waals surface area contributed by atoms with E-state index in [9.17, 15) is 24.3 Å². The van der Waals surface area contributed by atoms with E-state index < -0.39 is 48.3 Å². The summed E-state index contributed by atoms with van der Waals surface area (Å²) in [5, 5.41) is 23.9. The SMILES string of the molecule is CSCC[C@H](NC(=O)[C@@H](N)Cc1c[nH]c2ccccc12)C(=O)N[C@@H](CCC(=O)O)C(=O)O. The monoisotopic (exact) mass is 464 g/mol. The molecule has 0 saturated carbocycles. The van der Waals surface area contributed by atoms with Crippen molar-refractivity contribution in [1.29, 1.82) is 0 Å². The molecule has 0 aliphatic carbocycles. The van der Waals surface area contributed by atoms with Crippen LogP contribution in [0.3, 0.4) is 0 Å². The first-order valence-electron chi connectivity index (χ1n) is 10.1. The molecule has 0 radical (unpaired) electrons. The maximum absolute atomic E-state index is 12.7. The van der Waals surface area contributed by atoms with E-state index in [0.717, 1.165) is 16.5 Å². The predicted octanol–water partition coefficient (Wildman–Crippen LogP) is 0.710. The summed E-state index contributed by atoms with van der Waals surface area (Å²) >= 11 is 1.47. The first-order valence-corrected chi connectivity index (χ1v) is 11.5. The first kappa shape index (κ1) is 25.2. The molecular formula is C21H28N4O6S. The molecule has 7 N–H and O–H groups in total. The van der Waals surface area contributed by atoms with Crippen molar-refractivity contribution < 1.29 is 29.4 Å². The molecule has 0 aliphatic rings. The first-order chi connectivity index (χ1) is 15.2. The molecule has 1 aromatic heterocycles. The molecule has 0 saturated heterocycles. The number of amides is 2. The molecule has 0 aliphatic heterocycles. The topological polar surface area (TPSA) is 175 Å². The van der Waals surface area contributed by atoms with Gasteiger partial charge in [-0.2, -0.15) is 11.8 Å². The van der Waals surface area contributed by atoms with Crippen LogP contribution in [0.2, 0.25) is 0 Å². The normalized spacial score (nSPS) is 13.8. The number of hydrogen-bond acceptors (Lipinski definition) is 6. The molecule has 1 heterocycles. The number of benzene rings is 1. The minimum Gasteiger partial charge on any atom is -0.481 e. The summed E-state index contributed by atoms with van der Waals surface area (Å²) in [6.45, 7) is 0. The fourth-order valence-corrected chi connectivity index (χ4v) is 3.68. The average molecular weight is 465 g/mol. The lowest BCUT2D eigenvalue weighted by Crippen LogP contribution is -2.55. The van der Waals surface area contributed by atoms with Crippen LogP contribution in [0, 0.1) is 0 Å². The third kappa shape index (κ3) is 7.27. The Labute approximate surface area is 189 Å². The molecule has 0 fully saturated rings. The van der Waals surface area contributed by atoms with Crippen LogP contribution in [0.1, 0.15) is 24.8 Å². The molecule has 1 aromatic carbocycles. The highest BCUT2D eigenvalue weighted by Gasteiger charge is 2.28.